The lowest BCUT2D eigenvalue weighted by atomic mass is 10.0. The summed E-state index contributed by atoms with van der Waals surface area (Å²) in [7, 11) is 1.73. The number of likely N-dealkylation sites (tertiary alicyclic amines) is 1. The van der Waals surface area contributed by atoms with Crippen LogP contribution in [0.4, 0.5) is 0 Å². The van der Waals surface area contributed by atoms with E-state index in [9.17, 15) is 19.2 Å². The van der Waals surface area contributed by atoms with Gasteiger partial charge in [-0.25, -0.2) is 0 Å². The predicted octanol–water partition coefficient (Wildman–Crippen LogP) is 3.36. The largest absolute Gasteiger partial charge is 0.491 e. The van der Waals surface area contributed by atoms with Crippen LogP contribution in [0.3, 0.4) is 0 Å². The monoisotopic (exact) mass is 653 g/mol. The fraction of sp³-hybridized carbons (Fsp3) is 0.421. The van der Waals surface area contributed by atoms with Gasteiger partial charge in [-0.05, 0) is 62.0 Å². The number of amides is 4. The van der Waals surface area contributed by atoms with Gasteiger partial charge in [-0.1, -0.05) is 79.2 Å². The van der Waals surface area contributed by atoms with Crippen molar-refractivity contribution >= 4 is 23.6 Å². The molecule has 0 spiro atoms. The molecule has 0 aliphatic carbocycles. The summed E-state index contributed by atoms with van der Waals surface area (Å²) >= 11 is 0. The van der Waals surface area contributed by atoms with Gasteiger partial charge in [0, 0.05) is 33.0 Å². The van der Waals surface area contributed by atoms with E-state index in [0.29, 0.717) is 25.1 Å². The van der Waals surface area contributed by atoms with Crippen LogP contribution in [0, 0.1) is 0 Å². The van der Waals surface area contributed by atoms with Gasteiger partial charge in [0.15, 0.2) is 0 Å². The lowest BCUT2D eigenvalue weighted by Gasteiger charge is -2.32. The second kappa shape index (κ2) is 17.5. The van der Waals surface area contributed by atoms with Gasteiger partial charge in [0.25, 0.3) is 5.91 Å². The van der Waals surface area contributed by atoms with Crippen LogP contribution in [0.5, 0.6) is 5.75 Å². The van der Waals surface area contributed by atoms with E-state index < -0.39 is 24.0 Å². The number of hydrogen-bond acceptors (Lipinski definition) is 6. The lowest BCUT2D eigenvalue weighted by molar-refractivity contribution is -0.137. The van der Waals surface area contributed by atoms with E-state index in [2.05, 4.69) is 20.9 Å². The van der Waals surface area contributed by atoms with Crippen LogP contribution in [-0.4, -0.2) is 91.4 Å². The molecule has 0 unspecified atom stereocenters. The van der Waals surface area contributed by atoms with Crippen LogP contribution in [0.2, 0.25) is 0 Å². The Balaban J connectivity index is 1.40. The minimum Gasteiger partial charge on any atom is -0.491 e. The van der Waals surface area contributed by atoms with Crippen LogP contribution in [-0.2, 0) is 27.2 Å². The SMILES string of the molecule is CN1C(=O)[C@H](Cc2ccccc2)NC(=O)CC[C@@H](C(=O)NCCN2CCCCC2)NC(=O)c2ccccc2OC[C@H]1Cc1ccccc1. The Morgan fingerprint density at radius 1 is 0.833 bits per heavy atom. The fourth-order valence-electron chi connectivity index (χ4n) is 6.33. The minimum absolute atomic E-state index is 0.0572. The van der Waals surface area contributed by atoms with Crippen molar-refractivity contribution in [3.63, 3.8) is 0 Å². The predicted molar refractivity (Wildman–Crippen MR) is 185 cm³/mol. The highest BCUT2D eigenvalue weighted by molar-refractivity contribution is 5.99. The molecule has 10 nitrogen and oxygen atoms in total. The summed E-state index contributed by atoms with van der Waals surface area (Å²) in [5.74, 6) is -1.09. The van der Waals surface area contributed by atoms with Gasteiger partial charge in [0.05, 0.1) is 11.6 Å². The Labute approximate surface area is 283 Å². The maximum Gasteiger partial charge on any atom is 0.255 e. The van der Waals surface area contributed by atoms with E-state index in [1.54, 1.807) is 36.2 Å². The van der Waals surface area contributed by atoms with Gasteiger partial charge in [0.1, 0.15) is 24.4 Å². The third kappa shape index (κ3) is 9.90. The summed E-state index contributed by atoms with van der Waals surface area (Å²) in [6, 6.07) is 24.1. The molecule has 10 heteroatoms. The van der Waals surface area contributed by atoms with Crippen molar-refractivity contribution in [3.05, 3.63) is 102 Å². The zero-order chi connectivity index (χ0) is 33.7. The van der Waals surface area contributed by atoms with Gasteiger partial charge in [-0.15, -0.1) is 0 Å². The number of nitrogens with one attached hydrogen (secondary N) is 3. The average Bonchev–Trinajstić information content (AvgIpc) is 3.12. The zero-order valence-electron chi connectivity index (χ0n) is 27.7. The Hall–Kier alpha value is -4.70. The molecule has 0 bridgehead atoms. The van der Waals surface area contributed by atoms with Crippen molar-refractivity contribution < 1.29 is 23.9 Å². The number of ether oxygens (including phenoxy) is 1. The molecule has 0 radical (unpaired) electrons. The second-order valence-corrected chi connectivity index (χ2v) is 12.7. The van der Waals surface area contributed by atoms with E-state index in [1.165, 1.54) is 6.42 Å². The van der Waals surface area contributed by atoms with Gasteiger partial charge in [-0.2, -0.15) is 0 Å². The first-order valence-corrected chi connectivity index (χ1v) is 17.0. The van der Waals surface area contributed by atoms with E-state index in [-0.39, 0.29) is 42.7 Å². The number of carbonyl (C=O) groups is 4. The first-order chi connectivity index (χ1) is 23.4. The molecule has 4 amide bonds. The highest BCUT2D eigenvalue weighted by atomic mass is 16.5. The first kappa shape index (κ1) is 34.6. The molecule has 1 fully saturated rings. The van der Waals surface area contributed by atoms with E-state index >= 15 is 0 Å². The van der Waals surface area contributed by atoms with Crippen molar-refractivity contribution in [2.75, 3.05) is 39.8 Å². The average molecular weight is 654 g/mol. The van der Waals surface area contributed by atoms with Crippen LogP contribution < -0.4 is 20.7 Å². The second-order valence-electron chi connectivity index (χ2n) is 12.7. The Morgan fingerprint density at radius 3 is 2.19 bits per heavy atom. The number of benzene rings is 3. The summed E-state index contributed by atoms with van der Waals surface area (Å²) in [5, 5.41) is 8.79. The molecule has 2 aliphatic rings. The molecule has 5 rings (SSSR count). The molecule has 254 valence electrons. The van der Waals surface area contributed by atoms with Gasteiger partial charge >= 0.3 is 0 Å². The fourth-order valence-corrected chi connectivity index (χ4v) is 6.33. The number of nitrogens with zero attached hydrogens (tertiary/aromatic N) is 2. The molecule has 3 aromatic carbocycles. The van der Waals surface area contributed by atoms with Crippen molar-refractivity contribution in [1.82, 2.24) is 25.8 Å². The standard InChI is InChI=1S/C38H47N5O5/c1-42-30(25-28-13-5-2-6-14-28)27-48-34-18-10-9-17-31(34)36(45)41-32(37(46)39-21-24-43-22-11-4-12-23-43)19-20-35(44)40-33(38(42)47)26-29-15-7-3-8-16-29/h2-3,5-10,13-18,30,32-33H,4,11-12,19-27H2,1H3,(H,39,46)(H,40,44)(H,41,45)/t30-,32+,33+/m1/s1. The summed E-state index contributed by atoms with van der Waals surface area (Å²) in [6.07, 6.45) is 4.34. The summed E-state index contributed by atoms with van der Waals surface area (Å²) in [4.78, 5) is 58.7. The first-order valence-electron chi connectivity index (χ1n) is 17.0. The molecule has 2 heterocycles. The molecule has 3 atom stereocenters. The number of rotatable bonds is 8. The molecular weight excluding hydrogens is 606 g/mol. The number of carbonyl (C=O) groups excluding carboxylic acids is 4. The Morgan fingerprint density at radius 2 is 1.48 bits per heavy atom. The van der Waals surface area contributed by atoms with Crippen LogP contribution in [0.25, 0.3) is 0 Å². The van der Waals surface area contributed by atoms with Crippen molar-refractivity contribution in [2.45, 2.75) is 63.1 Å². The number of hydrogen-bond donors (Lipinski definition) is 3. The van der Waals surface area contributed by atoms with Gasteiger partial charge < -0.3 is 30.5 Å². The van der Waals surface area contributed by atoms with E-state index in [1.807, 2.05) is 60.7 Å². The van der Waals surface area contributed by atoms with Crippen LogP contribution in [0.15, 0.2) is 84.9 Å². The molecule has 1 saturated heterocycles. The number of fused-ring (bicyclic) bond motifs is 1. The van der Waals surface area contributed by atoms with E-state index in [0.717, 1.165) is 43.6 Å². The maximum absolute atomic E-state index is 14.2. The van der Waals surface area contributed by atoms with Crippen molar-refractivity contribution in [2.24, 2.45) is 0 Å². The van der Waals surface area contributed by atoms with Crippen molar-refractivity contribution in [3.8, 4) is 5.75 Å². The molecule has 0 saturated carbocycles. The number of piperidine rings is 1. The third-order valence-corrected chi connectivity index (χ3v) is 9.15. The molecule has 3 N–H and O–H groups in total. The van der Waals surface area contributed by atoms with Crippen LogP contribution >= 0.6 is 0 Å². The number of likely N-dealkylation sites (N-methyl/N-ethyl adjacent to an activating group) is 1. The summed E-state index contributed by atoms with van der Waals surface area (Å²) in [5.41, 5.74) is 2.20. The maximum atomic E-state index is 14.2. The van der Waals surface area contributed by atoms with Gasteiger partial charge in [-0.3, -0.25) is 19.2 Å². The molecule has 0 aromatic heterocycles. The molecule has 48 heavy (non-hydrogen) atoms. The minimum atomic E-state index is -0.959. The summed E-state index contributed by atoms with van der Waals surface area (Å²) < 4.78 is 6.29. The van der Waals surface area contributed by atoms with E-state index in [4.69, 9.17) is 4.74 Å². The lowest BCUT2D eigenvalue weighted by Crippen LogP contribution is -2.53. The zero-order valence-corrected chi connectivity index (χ0v) is 27.7. The smallest absolute Gasteiger partial charge is 0.255 e. The molecule has 3 aromatic rings. The van der Waals surface area contributed by atoms with Gasteiger partial charge in [0.2, 0.25) is 17.7 Å². The van der Waals surface area contributed by atoms with Crippen molar-refractivity contribution in [1.29, 1.82) is 0 Å². The number of para-hydroxylation sites is 1. The quantitative estimate of drug-likeness (QED) is 0.343. The Kier molecular flexibility index (Phi) is 12.6. The third-order valence-electron chi connectivity index (χ3n) is 9.15. The Bertz CT molecular complexity index is 1510. The normalized spacial score (nSPS) is 21.5. The highest BCUT2D eigenvalue weighted by Crippen LogP contribution is 2.21. The topological polar surface area (TPSA) is 120 Å². The molecular formula is C38H47N5O5. The highest BCUT2D eigenvalue weighted by Gasteiger charge is 2.31. The van der Waals surface area contributed by atoms with Crippen LogP contribution in [0.1, 0.15) is 53.6 Å². The summed E-state index contributed by atoms with van der Waals surface area (Å²) in [6.45, 7) is 3.30. The molecule has 2 aliphatic heterocycles.